The molecule has 1 aliphatic rings. The van der Waals surface area contributed by atoms with Crippen LogP contribution in [0.25, 0.3) is 17.1 Å². The zero-order valence-electron chi connectivity index (χ0n) is 14.3. The summed E-state index contributed by atoms with van der Waals surface area (Å²) in [6.45, 7) is 2.98. The predicted molar refractivity (Wildman–Crippen MR) is 101 cm³/mol. The van der Waals surface area contributed by atoms with Gasteiger partial charge in [0.05, 0.1) is 6.10 Å². The molecule has 0 N–H and O–H groups in total. The van der Waals surface area contributed by atoms with E-state index < -0.39 is 0 Å². The van der Waals surface area contributed by atoms with Crippen LogP contribution in [-0.2, 0) is 4.74 Å². The topological polar surface area (TPSA) is 39.9 Å². The van der Waals surface area contributed by atoms with Crippen molar-refractivity contribution in [1.29, 1.82) is 0 Å². The van der Waals surface area contributed by atoms with E-state index in [4.69, 9.17) is 4.74 Å². The summed E-state index contributed by atoms with van der Waals surface area (Å²) in [6.07, 6.45) is 2.62. The molecule has 128 valence electrons. The summed E-state index contributed by atoms with van der Waals surface area (Å²) in [5.41, 5.74) is 3.40. The fourth-order valence-corrected chi connectivity index (χ4v) is 4.02. The summed E-state index contributed by atoms with van der Waals surface area (Å²) in [7, 11) is 0. The molecule has 1 unspecified atom stereocenters. The van der Waals surface area contributed by atoms with Crippen molar-refractivity contribution in [2.45, 2.75) is 31.0 Å². The Bertz CT molecular complexity index is 824. The zero-order valence-corrected chi connectivity index (χ0v) is 15.1. The van der Waals surface area contributed by atoms with Crippen molar-refractivity contribution in [3.63, 3.8) is 0 Å². The summed E-state index contributed by atoms with van der Waals surface area (Å²) >= 11 is 1.72. The Morgan fingerprint density at radius 2 is 1.88 bits per heavy atom. The Morgan fingerprint density at radius 3 is 2.60 bits per heavy atom. The van der Waals surface area contributed by atoms with Crippen molar-refractivity contribution in [2.24, 2.45) is 0 Å². The van der Waals surface area contributed by atoms with Gasteiger partial charge in [-0.1, -0.05) is 59.8 Å². The number of benzene rings is 2. The van der Waals surface area contributed by atoms with Gasteiger partial charge in [0, 0.05) is 23.6 Å². The van der Waals surface area contributed by atoms with Crippen molar-refractivity contribution >= 4 is 11.8 Å². The Labute approximate surface area is 152 Å². The van der Waals surface area contributed by atoms with Crippen LogP contribution in [0, 0.1) is 6.92 Å². The molecule has 0 saturated carbocycles. The monoisotopic (exact) mass is 351 g/mol. The van der Waals surface area contributed by atoms with E-state index >= 15 is 0 Å². The number of hydrogen-bond donors (Lipinski definition) is 0. The number of aryl methyl sites for hydroxylation is 1. The van der Waals surface area contributed by atoms with Crippen molar-refractivity contribution in [1.82, 2.24) is 14.8 Å². The van der Waals surface area contributed by atoms with Gasteiger partial charge in [-0.15, -0.1) is 10.2 Å². The van der Waals surface area contributed by atoms with E-state index in [1.165, 1.54) is 5.56 Å². The lowest BCUT2D eigenvalue weighted by atomic mass is 10.2. The van der Waals surface area contributed by atoms with Gasteiger partial charge in [-0.05, 0) is 31.9 Å². The van der Waals surface area contributed by atoms with Crippen LogP contribution in [0.2, 0.25) is 0 Å². The van der Waals surface area contributed by atoms with E-state index in [1.54, 1.807) is 11.8 Å². The second-order valence-corrected chi connectivity index (χ2v) is 7.28. The van der Waals surface area contributed by atoms with Crippen LogP contribution < -0.4 is 0 Å². The first-order valence-corrected chi connectivity index (χ1v) is 9.62. The molecule has 2 heterocycles. The van der Waals surface area contributed by atoms with Gasteiger partial charge in [-0.3, -0.25) is 4.57 Å². The van der Waals surface area contributed by atoms with Gasteiger partial charge in [0.15, 0.2) is 11.0 Å². The first-order chi connectivity index (χ1) is 12.3. The van der Waals surface area contributed by atoms with Crippen molar-refractivity contribution in [3.05, 3.63) is 60.2 Å². The number of thioether (sulfide) groups is 1. The fraction of sp³-hybridized carbons (Fsp3) is 0.300. The van der Waals surface area contributed by atoms with Crippen LogP contribution in [0.4, 0.5) is 0 Å². The number of nitrogens with zero attached hydrogens (tertiary/aromatic N) is 3. The quantitative estimate of drug-likeness (QED) is 0.634. The van der Waals surface area contributed by atoms with Crippen LogP contribution in [0.1, 0.15) is 18.4 Å². The molecule has 3 aromatic rings. The van der Waals surface area contributed by atoms with E-state index in [-0.39, 0.29) is 0 Å². The molecule has 1 saturated heterocycles. The molecular weight excluding hydrogens is 330 g/mol. The third kappa shape index (κ3) is 3.62. The molecule has 1 aromatic heterocycles. The molecule has 1 fully saturated rings. The molecule has 0 aliphatic carbocycles. The molecule has 0 spiro atoms. The minimum atomic E-state index is 0.327. The second kappa shape index (κ2) is 7.42. The molecule has 0 bridgehead atoms. The van der Waals surface area contributed by atoms with Gasteiger partial charge in [-0.2, -0.15) is 0 Å². The van der Waals surface area contributed by atoms with E-state index in [0.29, 0.717) is 6.10 Å². The first kappa shape index (κ1) is 16.4. The number of aromatic nitrogens is 3. The van der Waals surface area contributed by atoms with E-state index in [0.717, 1.165) is 47.4 Å². The average Bonchev–Trinajstić information content (AvgIpc) is 3.31. The molecule has 2 aromatic carbocycles. The standard InChI is InChI=1S/C20H21N3OS/c1-15-9-11-17(12-10-15)23-19(16-6-3-2-4-7-16)21-22-20(23)25-14-18-8-5-13-24-18/h2-4,6-7,9-12,18H,5,8,13-14H2,1H3. The Balaban J connectivity index is 1.70. The highest BCUT2D eigenvalue weighted by Gasteiger charge is 2.20. The maximum atomic E-state index is 5.75. The molecule has 5 heteroatoms. The molecule has 4 rings (SSSR count). The van der Waals surface area contributed by atoms with Crippen LogP contribution in [0.3, 0.4) is 0 Å². The highest BCUT2D eigenvalue weighted by atomic mass is 32.2. The second-order valence-electron chi connectivity index (χ2n) is 6.29. The smallest absolute Gasteiger partial charge is 0.196 e. The Morgan fingerprint density at radius 1 is 1.08 bits per heavy atom. The van der Waals surface area contributed by atoms with Gasteiger partial charge in [0.25, 0.3) is 0 Å². The third-order valence-corrected chi connectivity index (χ3v) is 5.44. The SMILES string of the molecule is Cc1ccc(-n2c(SCC3CCCO3)nnc2-c2ccccc2)cc1. The van der Waals surface area contributed by atoms with Crippen LogP contribution in [-0.4, -0.2) is 33.2 Å². The largest absolute Gasteiger partial charge is 0.377 e. The third-order valence-electron chi connectivity index (χ3n) is 4.38. The van der Waals surface area contributed by atoms with Gasteiger partial charge < -0.3 is 4.74 Å². The molecular formula is C20H21N3OS. The number of rotatable bonds is 5. The fourth-order valence-electron chi connectivity index (χ4n) is 3.01. The normalized spacial score (nSPS) is 17.1. The van der Waals surface area contributed by atoms with Gasteiger partial charge in [-0.25, -0.2) is 0 Å². The average molecular weight is 351 g/mol. The lowest BCUT2D eigenvalue weighted by Gasteiger charge is -2.12. The van der Waals surface area contributed by atoms with Gasteiger partial charge in [0.2, 0.25) is 0 Å². The molecule has 25 heavy (non-hydrogen) atoms. The molecule has 0 radical (unpaired) electrons. The van der Waals surface area contributed by atoms with Crippen molar-refractivity contribution < 1.29 is 4.74 Å². The predicted octanol–water partition coefficient (Wildman–Crippen LogP) is 4.51. The van der Waals surface area contributed by atoms with Crippen LogP contribution in [0.5, 0.6) is 0 Å². The summed E-state index contributed by atoms with van der Waals surface area (Å²) in [5.74, 6) is 1.79. The van der Waals surface area contributed by atoms with E-state index in [1.807, 2.05) is 18.2 Å². The highest BCUT2D eigenvalue weighted by molar-refractivity contribution is 7.99. The van der Waals surface area contributed by atoms with Crippen molar-refractivity contribution in [3.8, 4) is 17.1 Å². The van der Waals surface area contributed by atoms with Crippen LogP contribution >= 0.6 is 11.8 Å². The van der Waals surface area contributed by atoms with E-state index in [9.17, 15) is 0 Å². The summed E-state index contributed by atoms with van der Waals surface area (Å²) in [4.78, 5) is 0. The maximum absolute atomic E-state index is 5.75. The Hall–Kier alpha value is -2.11. The Kier molecular flexibility index (Phi) is 4.85. The highest BCUT2D eigenvalue weighted by Crippen LogP contribution is 2.29. The number of hydrogen-bond acceptors (Lipinski definition) is 4. The lowest BCUT2D eigenvalue weighted by molar-refractivity contribution is 0.129. The minimum Gasteiger partial charge on any atom is -0.377 e. The molecule has 1 atom stereocenters. The van der Waals surface area contributed by atoms with Crippen LogP contribution in [0.15, 0.2) is 59.8 Å². The van der Waals surface area contributed by atoms with Gasteiger partial charge >= 0.3 is 0 Å². The minimum absolute atomic E-state index is 0.327. The first-order valence-electron chi connectivity index (χ1n) is 8.63. The molecule has 1 aliphatic heterocycles. The molecule has 0 amide bonds. The molecule has 4 nitrogen and oxygen atoms in total. The summed E-state index contributed by atoms with van der Waals surface area (Å²) < 4.78 is 7.90. The lowest BCUT2D eigenvalue weighted by Crippen LogP contribution is -2.09. The maximum Gasteiger partial charge on any atom is 0.196 e. The van der Waals surface area contributed by atoms with E-state index in [2.05, 4.69) is 58.1 Å². The number of ether oxygens (including phenoxy) is 1. The summed E-state index contributed by atoms with van der Waals surface area (Å²) in [6, 6.07) is 18.7. The summed E-state index contributed by atoms with van der Waals surface area (Å²) in [5, 5.41) is 9.87. The zero-order chi connectivity index (χ0) is 17.1. The van der Waals surface area contributed by atoms with Crippen molar-refractivity contribution in [2.75, 3.05) is 12.4 Å². The van der Waals surface area contributed by atoms with Gasteiger partial charge in [0.1, 0.15) is 0 Å².